The van der Waals surface area contributed by atoms with Crippen LogP contribution in [0, 0.1) is 5.92 Å². The highest BCUT2D eigenvalue weighted by Gasteiger charge is 2.07. The van der Waals surface area contributed by atoms with Crippen molar-refractivity contribution < 1.29 is 4.79 Å². The topological polar surface area (TPSA) is 32.3 Å². The third kappa shape index (κ3) is 5.71. The van der Waals surface area contributed by atoms with E-state index in [-0.39, 0.29) is 6.03 Å². The lowest BCUT2D eigenvalue weighted by molar-refractivity contribution is 0.207. The molecule has 1 N–H and O–H groups in total. The zero-order valence-electron chi connectivity index (χ0n) is 11.6. The lowest BCUT2D eigenvalue weighted by Crippen LogP contribution is -2.37. The molecule has 1 rings (SSSR count). The highest BCUT2D eigenvalue weighted by molar-refractivity contribution is 5.73. The standard InChI is InChI=1S/C15H24N2O/c1-13(2)8-7-11-17(3)15(18)16-12-14-9-5-4-6-10-14/h4-6,9-10,13H,7-8,11-12H2,1-3H3,(H,16,18). The van der Waals surface area contributed by atoms with Crippen molar-refractivity contribution in [2.75, 3.05) is 13.6 Å². The van der Waals surface area contributed by atoms with Crippen molar-refractivity contribution in [2.24, 2.45) is 5.92 Å². The van der Waals surface area contributed by atoms with Crippen molar-refractivity contribution in [3.8, 4) is 0 Å². The van der Waals surface area contributed by atoms with Gasteiger partial charge in [0.15, 0.2) is 0 Å². The van der Waals surface area contributed by atoms with Gasteiger partial charge in [-0.3, -0.25) is 0 Å². The predicted octanol–water partition coefficient (Wildman–Crippen LogP) is 3.26. The Morgan fingerprint density at radius 1 is 1.28 bits per heavy atom. The summed E-state index contributed by atoms with van der Waals surface area (Å²) in [6, 6.07) is 9.96. The number of carbonyl (C=O) groups excluding carboxylic acids is 1. The smallest absolute Gasteiger partial charge is 0.317 e. The molecule has 1 aromatic rings. The van der Waals surface area contributed by atoms with Gasteiger partial charge in [-0.1, -0.05) is 44.2 Å². The first-order chi connectivity index (χ1) is 8.59. The van der Waals surface area contributed by atoms with Gasteiger partial charge in [-0.15, -0.1) is 0 Å². The van der Waals surface area contributed by atoms with Crippen LogP contribution in [0.5, 0.6) is 0 Å². The molecule has 0 saturated heterocycles. The molecule has 0 aliphatic carbocycles. The van der Waals surface area contributed by atoms with Crippen molar-refractivity contribution in [1.82, 2.24) is 10.2 Å². The molecule has 3 nitrogen and oxygen atoms in total. The minimum absolute atomic E-state index is 0.00242. The van der Waals surface area contributed by atoms with Gasteiger partial charge in [0.25, 0.3) is 0 Å². The maximum Gasteiger partial charge on any atom is 0.317 e. The fourth-order valence-corrected chi connectivity index (χ4v) is 1.75. The maximum absolute atomic E-state index is 11.8. The number of amides is 2. The van der Waals surface area contributed by atoms with Crippen LogP contribution in [-0.4, -0.2) is 24.5 Å². The minimum atomic E-state index is 0.00242. The first-order valence-electron chi connectivity index (χ1n) is 6.62. The quantitative estimate of drug-likeness (QED) is 0.823. The second-order valence-corrected chi connectivity index (χ2v) is 5.10. The zero-order valence-corrected chi connectivity index (χ0v) is 11.6. The first kappa shape index (κ1) is 14.6. The molecule has 0 unspecified atom stereocenters. The maximum atomic E-state index is 11.8. The molecule has 3 heteroatoms. The molecular weight excluding hydrogens is 224 g/mol. The van der Waals surface area contributed by atoms with Crippen LogP contribution >= 0.6 is 0 Å². The Morgan fingerprint density at radius 3 is 2.56 bits per heavy atom. The van der Waals surface area contributed by atoms with E-state index in [2.05, 4.69) is 19.2 Å². The van der Waals surface area contributed by atoms with Crippen LogP contribution in [-0.2, 0) is 6.54 Å². The van der Waals surface area contributed by atoms with Crippen LogP contribution in [0.2, 0.25) is 0 Å². The van der Waals surface area contributed by atoms with Gasteiger partial charge in [0.05, 0.1) is 0 Å². The molecule has 0 atom stereocenters. The Morgan fingerprint density at radius 2 is 1.94 bits per heavy atom. The van der Waals surface area contributed by atoms with Crippen molar-refractivity contribution >= 4 is 6.03 Å². The van der Waals surface area contributed by atoms with Crippen LogP contribution < -0.4 is 5.32 Å². The van der Waals surface area contributed by atoms with E-state index in [0.29, 0.717) is 12.5 Å². The lowest BCUT2D eigenvalue weighted by Gasteiger charge is -2.18. The van der Waals surface area contributed by atoms with Crippen LogP contribution in [0.1, 0.15) is 32.3 Å². The number of nitrogens with zero attached hydrogens (tertiary/aromatic N) is 1. The van der Waals surface area contributed by atoms with E-state index in [4.69, 9.17) is 0 Å². The summed E-state index contributed by atoms with van der Waals surface area (Å²) in [4.78, 5) is 13.6. The molecule has 0 aromatic heterocycles. The average Bonchev–Trinajstić information content (AvgIpc) is 2.36. The minimum Gasteiger partial charge on any atom is -0.334 e. The van der Waals surface area contributed by atoms with Gasteiger partial charge < -0.3 is 10.2 Å². The number of nitrogens with one attached hydrogen (secondary N) is 1. The molecular formula is C15H24N2O. The molecule has 0 aliphatic rings. The highest BCUT2D eigenvalue weighted by atomic mass is 16.2. The molecule has 0 heterocycles. The van der Waals surface area contributed by atoms with E-state index >= 15 is 0 Å². The van der Waals surface area contributed by atoms with Crippen LogP contribution in [0.25, 0.3) is 0 Å². The number of carbonyl (C=O) groups is 1. The monoisotopic (exact) mass is 248 g/mol. The largest absolute Gasteiger partial charge is 0.334 e. The van der Waals surface area contributed by atoms with E-state index in [1.54, 1.807) is 4.90 Å². The summed E-state index contributed by atoms with van der Waals surface area (Å²) in [5.74, 6) is 0.700. The summed E-state index contributed by atoms with van der Waals surface area (Å²) in [5.41, 5.74) is 1.13. The fraction of sp³-hybridized carbons (Fsp3) is 0.533. The molecule has 0 spiro atoms. The molecule has 0 saturated carbocycles. The zero-order chi connectivity index (χ0) is 13.4. The Hall–Kier alpha value is -1.51. The summed E-state index contributed by atoms with van der Waals surface area (Å²) in [6.45, 7) is 5.82. The molecule has 18 heavy (non-hydrogen) atoms. The van der Waals surface area contributed by atoms with Crippen LogP contribution in [0.3, 0.4) is 0 Å². The summed E-state index contributed by atoms with van der Waals surface area (Å²) in [7, 11) is 1.85. The Labute approximate surface area is 110 Å². The van der Waals surface area contributed by atoms with Gasteiger partial charge in [-0.05, 0) is 24.3 Å². The normalized spacial score (nSPS) is 10.4. The van der Waals surface area contributed by atoms with Crippen molar-refractivity contribution in [3.63, 3.8) is 0 Å². The van der Waals surface area contributed by atoms with Gasteiger partial charge in [0, 0.05) is 20.1 Å². The third-order valence-electron chi connectivity index (χ3n) is 2.91. The van der Waals surface area contributed by atoms with Crippen LogP contribution in [0.4, 0.5) is 4.79 Å². The van der Waals surface area contributed by atoms with E-state index in [1.165, 1.54) is 0 Å². The molecule has 0 aliphatic heterocycles. The molecule has 0 radical (unpaired) electrons. The number of rotatable bonds is 6. The molecule has 100 valence electrons. The molecule has 0 bridgehead atoms. The number of urea groups is 1. The summed E-state index contributed by atoms with van der Waals surface area (Å²) in [6.07, 6.45) is 2.23. The predicted molar refractivity (Wildman–Crippen MR) is 75.4 cm³/mol. The van der Waals surface area contributed by atoms with Crippen molar-refractivity contribution in [2.45, 2.75) is 33.2 Å². The number of hydrogen-bond donors (Lipinski definition) is 1. The van der Waals surface area contributed by atoms with Gasteiger partial charge in [-0.2, -0.15) is 0 Å². The molecule has 0 fully saturated rings. The lowest BCUT2D eigenvalue weighted by atomic mass is 10.1. The van der Waals surface area contributed by atoms with E-state index < -0.39 is 0 Å². The number of benzene rings is 1. The van der Waals surface area contributed by atoms with Gasteiger partial charge >= 0.3 is 6.03 Å². The van der Waals surface area contributed by atoms with E-state index in [0.717, 1.165) is 24.9 Å². The van der Waals surface area contributed by atoms with Crippen molar-refractivity contribution in [1.29, 1.82) is 0 Å². The van der Waals surface area contributed by atoms with Gasteiger partial charge in [-0.25, -0.2) is 4.79 Å². The Balaban J connectivity index is 2.23. The fourth-order valence-electron chi connectivity index (χ4n) is 1.75. The van der Waals surface area contributed by atoms with E-state index in [1.807, 2.05) is 37.4 Å². The van der Waals surface area contributed by atoms with Gasteiger partial charge in [0.1, 0.15) is 0 Å². The van der Waals surface area contributed by atoms with Crippen molar-refractivity contribution in [3.05, 3.63) is 35.9 Å². The molecule has 2 amide bonds. The SMILES string of the molecule is CC(C)CCCN(C)C(=O)NCc1ccccc1. The summed E-state index contributed by atoms with van der Waals surface area (Å²) in [5, 5.41) is 2.92. The highest BCUT2D eigenvalue weighted by Crippen LogP contribution is 2.04. The van der Waals surface area contributed by atoms with Gasteiger partial charge in [0.2, 0.25) is 0 Å². The average molecular weight is 248 g/mol. The van der Waals surface area contributed by atoms with E-state index in [9.17, 15) is 4.79 Å². The third-order valence-corrected chi connectivity index (χ3v) is 2.91. The molecule has 1 aromatic carbocycles. The Kier molecular flexibility index (Phi) is 6.26. The second kappa shape index (κ2) is 7.75. The van der Waals surface area contributed by atoms with Crippen LogP contribution in [0.15, 0.2) is 30.3 Å². The first-order valence-corrected chi connectivity index (χ1v) is 6.62. The summed E-state index contributed by atoms with van der Waals surface area (Å²) >= 11 is 0. The second-order valence-electron chi connectivity index (χ2n) is 5.10. The Bertz CT molecular complexity index is 349. The number of hydrogen-bond acceptors (Lipinski definition) is 1. The summed E-state index contributed by atoms with van der Waals surface area (Å²) < 4.78 is 0.